The Morgan fingerprint density at radius 2 is 1.23 bits per heavy atom. The van der Waals surface area contributed by atoms with E-state index in [1.165, 1.54) is 74.5 Å². The van der Waals surface area contributed by atoms with E-state index in [-0.39, 0.29) is 11.6 Å². The topological polar surface area (TPSA) is 18.5 Å². The number of aryl methyl sites for hydroxylation is 1. The van der Waals surface area contributed by atoms with Gasteiger partial charge in [-0.15, -0.1) is 0 Å². The molecule has 44 heavy (non-hydrogen) atoms. The van der Waals surface area contributed by atoms with Crippen molar-refractivity contribution in [3.8, 4) is 11.5 Å². The van der Waals surface area contributed by atoms with Gasteiger partial charge in [0.1, 0.15) is 0 Å². The smallest absolute Gasteiger partial charge is 0.168 e. The molecule has 6 aliphatic carbocycles. The Labute approximate surface area is 264 Å². The third kappa shape index (κ3) is 4.57. The van der Waals surface area contributed by atoms with Gasteiger partial charge in [-0.1, -0.05) is 33.8 Å². The fourth-order valence-electron chi connectivity index (χ4n) is 12.0. The summed E-state index contributed by atoms with van der Waals surface area (Å²) in [4.78, 5) is 0. The van der Waals surface area contributed by atoms with E-state index in [1.54, 1.807) is 20.3 Å². The Bertz CT molecular complexity index is 1360. The van der Waals surface area contributed by atoms with E-state index in [4.69, 9.17) is 9.47 Å². The van der Waals surface area contributed by atoms with Gasteiger partial charge in [-0.25, -0.2) is 8.78 Å². The van der Waals surface area contributed by atoms with Gasteiger partial charge in [0, 0.05) is 0 Å². The molecule has 0 amide bonds. The minimum Gasteiger partial charge on any atom is -0.494 e. The first-order valence-electron chi connectivity index (χ1n) is 17.8. The molecule has 0 bridgehead atoms. The lowest BCUT2D eigenvalue weighted by Crippen LogP contribution is -2.41. The van der Waals surface area contributed by atoms with Crippen LogP contribution in [0.4, 0.5) is 8.78 Å². The van der Waals surface area contributed by atoms with Crippen LogP contribution in [0.2, 0.25) is 0 Å². The lowest BCUT2D eigenvalue weighted by atomic mass is 9.54. The largest absolute Gasteiger partial charge is 0.494 e. The number of hydrogen-bond donors (Lipinski definition) is 0. The Kier molecular flexibility index (Phi) is 7.85. The van der Waals surface area contributed by atoms with Gasteiger partial charge in [0.2, 0.25) is 0 Å². The molecule has 2 nitrogen and oxygen atoms in total. The first-order chi connectivity index (χ1) is 21.1. The predicted octanol–water partition coefficient (Wildman–Crippen LogP) is 10.7. The standard InChI is InChI=1S/2C20H27FO/c1-12-4-8-17-15-5-6-16-13(7-9-18(22-3)19(16)21)14(15)10-11-20(12,17)2;1-12-4-7-17-15-6-5-13-10-19(22-3)18(21)11-16(13)14(15)8-9-20(12,17)2/h7,9,12,14-15,17H,4-6,8,10-11H2,1-3H3;10-12,14-15,17H,4-9H2,1-3H3/t2*12-,14?,15?,17?,20+/m00/s1. The zero-order chi connectivity index (χ0) is 31.0. The van der Waals surface area contributed by atoms with Gasteiger partial charge in [-0.2, -0.15) is 0 Å². The van der Waals surface area contributed by atoms with Crippen molar-refractivity contribution in [1.29, 1.82) is 0 Å². The van der Waals surface area contributed by atoms with Gasteiger partial charge in [0.25, 0.3) is 0 Å². The van der Waals surface area contributed by atoms with Crippen molar-refractivity contribution in [3.63, 3.8) is 0 Å². The predicted molar refractivity (Wildman–Crippen MR) is 173 cm³/mol. The number of benzene rings is 2. The highest BCUT2D eigenvalue weighted by Crippen LogP contribution is 2.64. The Morgan fingerprint density at radius 3 is 1.82 bits per heavy atom. The van der Waals surface area contributed by atoms with Crippen LogP contribution in [0, 0.1) is 58.0 Å². The molecule has 10 atom stereocenters. The molecule has 8 rings (SSSR count). The summed E-state index contributed by atoms with van der Waals surface area (Å²) in [6.07, 6.45) is 15.0. The van der Waals surface area contributed by atoms with E-state index in [2.05, 4.69) is 33.8 Å². The molecule has 6 unspecified atom stereocenters. The van der Waals surface area contributed by atoms with Crippen LogP contribution in [0.3, 0.4) is 0 Å². The van der Waals surface area contributed by atoms with Crippen LogP contribution in [0.5, 0.6) is 11.5 Å². The molecular weight excluding hydrogens is 550 g/mol. The van der Waals surface area contributed by atoms with E-state index < -0.39 is 0 Å². The molecule has 0 N–H and O–H groups in total. The maximum absolute atomic E-state index is 14.6. The fraction of sp³-hybridized carbons (Fsp3) is 0.700. The first-order valence-corrected chi connectivity index (χ1v) is 17.8. The van der Waals surface area contributed by atoms with Crippen molar-refractivity contribution in [2.45, 2.75) is 117 Å². The zero-order valence-corrected chi connectivity index (χ0v) is 28.0. The average molecular weight is 605 g/mol. The molecule has 6 aliphatic rings. The zero-order valence-electron chi connectivity index (χ0n) is 28.0. The second kappa shape index (κ2) is 11.3. The Hall–Kier alpha value is -2.10. The van der Waals surface area contributed by atoms with Gasteiger partial charge in [-0.3, -0.25) is 0 Å². The Balaban J connectivity index is 0.000000142. The number of ether oxygens (including phenoxy) is 2. The number of halogens is 2. The van der Waals surface area contributed by atoms with Crippen LogP contribution in [-0.2, 0) is 12.8 Å². The van der Waals surface area contributed by atoms with Crippen LogP contribution >= 0.6 is 0 Å². The highest BCUT2D eigenvalue weighted by atomic mass is 19.1. The highest BCUT2D eigenvalue weighted by Gasteiger charge is 2.54. The molecule has 4 fully saturated rings. The molecule has 240 valence electrons. The monoisotopic (exact) mass is 604 g/mol. The average Bonchev–Trinajstić information content (AvgIpc) is 3.51. The van der Waals surface area contributed by atoms with Crippen LogP contribution in [0.25, 0.3) is 0 Å². The SMILES string of the molecule is COc1cc2c(cc1F)C1CC[C@@]3(C)C(CC[C@@H]3C)C1CC2.COc1ccc2c(c1F)CCC1C2CC[C@@]2(C)C1CC[C@@H]2C. The van der Waals surface area contributed by atoms with Crippen molar-refractivity contribution in [2.75, 3.05) is 14.2 Å². The van der Waals surface area contributed by atoms with Gasteiger partial charge in [-0.05, 0) is 176 Å². The van der Waals surface area contributed by atoms with E-state index in [1.807, 2.05) is 12.1 Å². The summed E-state index contributed by atoms with van der Waals surface area (Å²) >= 11 is 0. The minimum absolute atomic E-state index is 0.105. The molecule has 4 saturated carbocycles. The molecule has 0 radical (unpaired) electrons. The normalized spacial score (nSPS) is 39.8. The fourth-order valence-corrected chi connectivity index (χ4v) is 12.0. The van der Waals surface area contributed by atoms with E-state index in [0.29, 0.717) is 34.2 Å². The van der Waals surface area contributed by atoms with E-state index in [9.17, 15) is 8.78 Å². The second-order valence-electron chi connectivity index (χ2n) is 16.2. The van der Waals surface area contributed by atoms with E-state index >= 15 is 0 Å². The highest BCUT2D eigenvalue weighted by molar-refractivity contribution is 5.43. The summed E-state index contributed by atoms with van der Waals surface area (Å²) in [5.41, 5.74) is 5.91. The second-order valence-corrected chi connectivity index (χ2v) is 16.2. The van der Waals surface area contributed by atoms with Crippen molar-refractivity contribution >= 4 is 0 Å². The number of hydrogen-bond acceptors (Lipinski definition) is 2. The van der Waals surface area contributed by atoms with Gasteiger partial charge < -0.3 is 9.47 Å². The molecule has 0 saturated heterocycles. The number of rotatable bonds is 2. The summed E-state index contributed by atoms with van der Waals surface area (Å²) in [6.45, 7) is 9.94. The first kappa shape index (κ1) is 30.5. The summed E-state index contributed by atoms with van der Waals surface area (Å²) in [5.74, 6) is 6.62. The van der Waals surface area contributed by atoms with Crippen LogP contribution in [0.1, 0.15) is 126 Å². The number of fused-ring (bicyclic) bond motifs is 10. The summed E-state index contributed by atoms with van der Waals surface area (Å²) in [7, 11) is 3.12. The van der Waals surface area contributed by atoms with Crippen molar-refractivity contribution in [3.05, 3.63) is 58.2 Å². The molecule has 0 aromatic heterocycles. The lowest BCUT2D eigenvalue weighted by molar-refractivity contribution is 0.0332. The minimum atomic E-state index is -0.185. The van der Waals surface area contributed by atoms with Gasteiger partial charge in [0.05, 0.1) is 14.2 Å². The molecule has 4 heteroatoms. The summed E-state index contributed by atoms with van der Waals surface area (Å²) < 4.78 is 39.2. The summed E-state index contributed by atoms with van der Waals surface area (Å²) in [6, 6.07) is 7.72. The molecule has 0 aliphatic heterocycles. The van der Waals surface area contributed by atoms with Crippen molar-refractivity contribution < 1.29 is 18.3 Å². The maximum atomic E-state index is 14.6. The van der Waals surface area contributed by atoms with E-state index in [0.717, 1.165) is 60.3 Å². The summed E-state index contributed by atoms with van der Waals surface area (Å²) in [5, 5.41) is 0. The molecular formula is C40H54F2O2. The van der Waals surface area contributed by atoms with Crippen molar-refractivity contribution in [1.82, 2.24) is 0 Å². The van der Waals surface area contributed by atoms with Crippen molar-refractivity contribution in [2.24, 2.45) is 46.3 Å². The number of methoxy groups -OCH3 is 2. The maximum Gasteiger partial charge on any atom is 0.168 e. The van der Waals surface area contributed by atoms with Crippen LogP contribution < -0.4 is 9.47 Å². The molecule has 2 aromatic carbocycles. The Morgan fingerprint density at radius 1 is 0.659 bits per heavy atom. The molecule has 2 aromatic rings. The van der Waals surface area contributed by atoms with Crippen LogP contribution in [0.15, 0.2) is 24.3 Å². The lowest BCUT2D eigenvalue weighted by Gasteiger charge is -2.50. The quantitative estimate of drug-likeness (QED) is 0.339. The van der Waals surface area contributed by atoms with Crippen LogP contribution in [-0.4, -0.2) is 14.2 Å². The van der Waals surface area contributed by atoms with Gasteiger partial charge >= 0.3 is 0 Å². The molecule has 0 heterocycles. The third-order valence-electron chi connectivity index (χ3n) is 15.0. The molecule has 0 spiro atoms. The van der Waals surface area contributed by atoms with Gasteiger partial charge in [0.15, 0.2) is 23.1 Å². The third-order valence-corrected chi connectivity index (χ3v) is 15.0.